The first-order chi connectivity index (χ1) is 8.74. The van der Waals surface area contributed by atoms with Gasteiger partial charge in [0.2, 0.25) is 5.88 Å². The molecule has 1 aromatic rings. The van der Waals surface area contributed by atoms with Crippen molar-refractivity contribution in [1.29, 1.82) is 0 Å². The van der Waals surface area contributed by atoms with Crippen molar-refractivity contribution in [1.82, 2.24) is 10.3 Å². The van der Waals surface area contributed by atoms with Gasteiger partial charge < -0.3 is 10.1 Å². The van der Waals surface area contributed by atoms with Gasteiger partial charge in [-0.15, -0.1) is 0 Å². The molecule has 0 spiro atoms. The summed E-state index contributed by atoms with van der Waals surface area (Å²) in [6, 6.07) is 4.61. The second-order valence-corrected chi connectivity index (χ2v) is 5.42. The number of hydrogen-bond acceptors (Lipinski definition) is 3. The Morgan fingerprint density at radius 3 is 2.83 bits per heavy atom. The average Bonchev–Trinajstić information content (AvgIpc) is 2.38. The Bertz CT molecular complexity index is 359. The molecule has 1 aromatic heterocycles. The van der Waals surface area contributed by atoms with E-state index in [1.54, 1.807) is 0 Å². The first-order valence-electron chi connectivity index (χ1n) is 7.09. The average molecular weight is 248 g/mol. The number of hydrogen-bond donors (Lipinski definition) is 1. The van der Waals surface area contributed by atoms with Gasteiger partial charge in [0.1, 0.15) is 6.10 Å². The van der Waals surface area contributed by atoms with Crippen molar-refractivity contribution >= 4 is 0 Å². The molecule has 100 valence electrons. The largest absolute Gasteiger partial charge is 0.474 e. The molecule has 1 aliphatic rings. The van der Waals surface area contributed by atoms with Crippen LogP contribution in [0, 0.1) is 0 Å². The zero-order valence-electron chi connectivity index (χ0n) is 11.5. The highest BCUT2D eigenvalue weighted by molar-refractivity contribution is 5.20. The fourth-order valence-electron chi connectivity index (χ4n) is 2.30. The molecule has 3 heteroatoms. The van der Waals surface area contributed by atoms with Gasteiger partial charge >= 0.3 is 0 Å². The zero-order chi connectivity index (χ0) is 12.8. The molecule has 2 rings (SSSR count). The summed E-state index contributed by atoms with van der Waals surface area (Å²) in [7, 11) is 0. The summed E-state index contributed by atoms with van der Waals surface area (Å²) >= 11 is 0. The summed E-state index contributed by atoms with van der Waals surface area (Å²) in [4.78, 5) is 4.31. The number of ether oxygens (including phenoxy) is 1. The van der Waals surface area contributed by atoms with E-state index in [1.807, 2.05) is 12.3 Å². The molecule has 1 heterocycles. The van der Waals surface area contributed by atoms with Gasteiger partial charge in [-0.2, -0.15) is 0 Å². The van der Waals surface area contributed by atoms with Crippen LogP contribution in [-0.2, 0) is 6.54 Å². The van der Waals surface area contributed by atoms with Crippen LogP contribution in [0.2, 0.25) is 0 Å². The Balaban J connectivity index is 1.89. The van der Waals surface area contributed by atoms with Crippen LogP contribution in [0.4, 0.5) is 0 Å². The second-order valence-electron chi connectivity index (χ2n) is 5.42. The summed E-state index contributed by atoms with van der Waals surface area (Å²) < 4.78 is 5.96. The van der Waals surface area contributed by atoms with E-state index in [-0.39, 0.29) is 0 Å². The lowest BCUT2D eigenvalue weighted by Crippen LogP contribution is -2.22. The fraction of sp³-hybridized carbons (Fsp3) is 0.667. The maximum absolute atomic E-state index is 5.96. The lowest BCUT2D eigenvalue weighted by atomic mass is 9.98. The summed E-state index contributed by atoms with van der Waals surface area (Å²) in [6.07, 6.45) is 8.51. The summed E-state index contributed by atoms with van der Waals surface area (Å²) in [5, 5.41) is 3.41. The SMILES string of the molecule is CC(C)NCc1ccnc(OC2CCCCC2)c1. The van der Waals surface area contributed by atoms with Crippen molar-refractivity contribution in [3.63, 3.8) is 0 Å². The van der Waals surface area contributed by atoms with Gasteiger partial charge in [-0.05, 0) is 37.3 Å². The third-order valence-electron chi connectivity index (χ3n) is 3.35. The molecular formula is C15H24N2O. The van der Waals surface area contributed by atoms with E-state index in [4.69, 9.17) is 4.74 Å². The van der Waals surface area contributed by atoms with Crippen molar-refractivity contribution in [2.45, 2.75) is 64.6 Å². The number of aromatic nitrogens is 1. The van der Waals surface area contributed by atoms with E-state index in [1.165, 1.54) is 37.7 Å². The highest BCUT2D eigenvalue weighted by Gasteiger charge is 2.15. The monoisotopic (exact) mass is 248 g/mol. The van der Waals surface area contributed by atoms with Gasteiger partial charge in [0, 0.05) is 24.8 Å². The molecule has 0 saturated heterocycles. The third-order valence-corrected chi connectivity index (χ3v) is 3.35. The van der Waals surface area contributed by atoms with E-state index in [0.29, 0.717) is 12.1 Å². The van der Waals surface area contributed by atoms with Gasteiger partial charge in [-0.25, -0.2) is 4.98 Å². The lowest BCUT2D eigenvalue weighted by molar-refractivity contribution is 0.148. The molecule has 0 atom stereocenters. The Morgan fingerprint density at radius 1 is 1.33 bits per heavy atom. The maximum Gasteiger partial charge on any atom is 0.213 e. The lowest BCUT2D eigenvalue weighted by Gasteiger charge is -2.22. The number of nitrogens with zero attached hydrogens (tertiary/aromatic N) is 1. The van der Waals surface area contributed by atoms with E-state index >= 15 is 0 Å². The van der Waals surface area contributed by atoms with Gasteiger partial charge in [-0.3, -0.25) is 0 Å². The molecule has 0 bridgehead atoms. The predicted octanol–water partition coefficient (Wildman–Crippen LogP) is 3.29. The number of rotatable bonds is 5. The van der Waals surface area contributed by atoms with Crippen LogP contribution in [0.15, 0.2) is 18.3 Å². The van der Waals surface area contributed by atoms with E-state index in [2.05, 4.69) is 30.2 Å². The van der Waals surface area contributed by atoms with Crippen LogP contribution < -0.4 is 10.1 Å². The smallest absolute Gasteiger partial charge is 0.213 e. The number of pyridine rings is 1. The van der Waals surface area contributed by atoms with Gasteiger partial charge in [0.15, 0.2) is 0 Å². The standard InChI is InChI=1S/C15H24N2O/c1-12(2)17-11-13-8-9-16-15(10-13)18-14-6-4-3-5-7-14/h8-10,12,14,17H,3-7,11H2,1-2H3. The van der Waals surface area contributed by atoms with Crippen LogP contribution >= 0.6 is 0 Å². The van der Waals surface area contributed by atoms with Crippen molar-refractivity contribution in [3.8, 4) is 5.88 Å². The molecule has 0 radical (unpaired) electrons. The van der Waals surface area contributed by atoms with Gasteiger partial charge in [0.05, 0.1) is 0 Å². The second kappa shape index (κ2) is 6.74. The molecule has 1 N–H and O–H groups in total. The topological polar surface area (TPSA) is 34.2 Å². The van der Waals surface area contributed by atoms with E-state index in [9.17, 15) is 0 Å². The van der Waals surface area contributed by atoms with E-state index in [0.717, 1.165) is 12.4 Å². The first-order valence-corrected chi connectivity index (χ1v) is 7.09. The molecule has 0 amide bonds. The minimum atomic E-state index is 0.375. The minimum absolute atomic E-state index is 0.375. The quantitative estimate of drug-likeness (QED) is 0.868. The molecular weight excluding hydrogens is 224 g/mol. The highest BCUT2D eigenvalue weighted by atomic mass is 16.5. The molecule has 3 nitrogen and oxygen atoms in total. The van der Waals surface area contributed by atoms with Crippen molar-refractivity contribution < 1.29 is 4.74 Å². The maximum atomic E-state index is 5.96. The Kier molecular flexibility index (Phi) is 5.00. The van der Waals surface area contributed by atoms with Crippen LogP contribution in [-0.4, -0.2) is 17.1 Å². The minimum Gasteiger partial charge on any atom is -0.474 e. The normalized spacial score (nSPS) is 17.1. The van der Waals surface area contributed by atoms with Gasteiger partial charge in [0.25, 0.3) is 0 Å². The molecule has 0 unspecified atom stereocenters. The van der Waals surface area contributed by atoms with Crippen molar-refractivity contribution in [3.05, 3.63) is 23.9 Å². The zero-order valence-corrected chi connectivity index (χ0v) is 11.5. The molecule has 18 heavy (non-hydrogen) atoms. The Labute approximate surface area is 110 Å². The third kappa shape index (κ3) is 4.30. The highest BCUT2D eigenvalue weighted by Crippen LogP contribution is 2.22. The molecule has 1 aliphatic carbocycles. The summed E-state index contributed by atoms with van der Waals surface area (Å²) in [5.74, 6) is 0.782. The fourth-order valence-corrected chi connectivity index (χ4v) is 2.30. The molecule has 1 fully saturated rings. The first kappa shape index (κ1) is 13.3. The summed E-state index contributed by atoms with van der Waals surface area (Å²) in [6.45, 7) is 5.18. The van der Waals surface area contributed by atoms with Crippen molar-refractivity contribution in [2.75, 3.05) is 0 Å². The van der Waals surface area contributed by atoms with E-state index < -0.39 is 0 Å². The van der Waals surface area contributed by atoms with Gasteiger partial charge in [-0.1, -0.05) is 20.3 Å². The van der Waals surface area contributed by atoms with Crippen LogP contribution in [0.3, 0.4) is 0 Å². The molecule has 0 aliphatic heterocycles. The number of nitrogens with one attached hydrogen (secondary N) is 1. The van der Waals surface area contributed by atoms with Crippen LogP contribution in [0.5, 0.6) is 5.88 Å². The molecule has 1 saturated carbocycles. The molecule has 0 aromatic carbocycles. The Morgan fingerprint density at radius 2 is 2.11 bits per heavy atom. The van der Waals surface area contributed by atoms with Crippen LogP contribution in [0.1, 0.15) is 51.5 Å². The predicted molar refractivity (Wildman–Crippen MR) is 73.7 cm³/mol. The Hall–Kier alpha value is -1.09. The summed E-state index contributed by atoms with van der Waals surface area (Å²) in [5.41, 5.74) is 1.24. The van der Waals surface area contributed by atoms with Crippen molar-refractivity contribution in [2.24, 2.45) is 0 Å². The van der Waals surface area contributed by atoms with Crippen LogP contribution in [0.25, 0.3) is 0 Å².